The molecule has 1 heterocycles. The lowest BCUT2D eigenvalue weighted by Gasteiger charge is -2.33. The van der Waals surface area contributed by atoms with Crippen molar-refractivity contribution < 1.29 is 24.2 Å². The predicted octanol–water partition coefficient (Wildman–Crippen LogP) is 1.54. The van der Waals surface area contributed by atoms with Crippen LogP contribution in [0.5, 0.6) is 5.75 Å². The van der Waals surface area contributed by atoms with E-state index >= 15 is 0 Å². The molecule has 0 unspecified atom stereocenters. The number of methoxy groups -OCH3 is 1. The molecule has 1 aromatic carbocycles. The number of ether oxygens (including phenoxy) is 2. The predicted molar refractivity (Wildman–Crippen MR) is 84.6 cm³/mol. The van der Waals surface area contributed by atoms with Crippen LogP contribution in [0.1, 0.15) is 24.0 Å². The largest absolute Gasteiger partial charge is 0.496 e. The maximum absolute atomic E-state index is 12.2. The van der Waals surface area contributed by atoms with Crippen molar-refractivity contribution in [1.29, 1.82) is 0 Å². The molecule has 0 aromatic heterocycles. The van der Waals surface area contributed by atoms with Crippen molar-refractivity contribution >= 4 is 11.9 Å². The van der Waals surface area contributed by atoms with Gasteiger partial charge in [-0.2, -0.15) is 0 Å². The summed E-state index contributed by atoms with van der Waals surface area (Å²) in [4.78, 5) is 23.8. The third-order valence-corrected chi connectivity index (χ3v) is 4.31. The van der Waals surface area contributed by atoms with E-state index in [1.807, 2.05) is 25.1 Å². The van der Waals surface area contributed by atoms with Gasteiger partial charge in [0.05, 0.1) is 18.9 Å². The van der Waals surface area contributed by atoms with Gasteiger partial charge in [-0.1, -0.05) is 17.7 Å². The molecule has 23 heavy (non-hydrogen) atoms. The van der Waals surface area contributed by atoms with Gasteiger partial charge >= 0.3 is 5.97 Å². The van der Waals surface area contributed by atoms with Crippen LogP contribution in [0, 0.1) is 12.3 Å². The smallest absolute Gasteiger partial charge is 0.311 e. The molecule has 0 radical (unpaired) electrons. The lowest BCUT2D eigenvalue weighted by Crippen LogP contribution is -2.46. The first kappa shape index (κ1) is 17.3. The maximum atomic E-state index is 12.2. The van der Waals surface area contributed by atoms with Crippen molar-refractivity contribution in [2.45, 2.75) is 26.2 Å². The summed E-state index contributed by atoms with van der Waals surface area (Å²) in [6.45, 7) is 2.89. The second kappa shape index (κ2) is 7.46. The first-order valence-corrected chi connectivity index (χ1v) is 7.68. The van der Waals surface area contributed by atoms with Crippen molar-refractivity contribution in [3.8, 4) is 5.75 Å². The third-order valence-electron chi connectivity index (χ3n) is 4.31. The van der Waals surface area contributed by atoms with Gasteiger partial charge in [-0.15, -0.1) is 0 Å². The lowest BCUT2D eigenvalue weighted by atomic mass is 9.80. The Morgan fingerprint density at radius 3 is 2.65 bits per heavy atom. The number of hydrogen-bond acceptors (Lipinski definition) is 4. The average Bonchev–Trinajstić information content (AvgIpc) is 2.54. The molecular weight excluding hydrogens is 298 g/mol. The van der Waals surface area contributed by atoms with Crippen LogP contribution in [0.25, 0.3) is 0 Å². The highest BCUT2D eigenvalue weighted by Crippen LogP contribution is 2.30. The number of aryl methyl sites for hydroxylation is 1. The fourth-order valence-corrected chi connectivity index (χ4v) is 2.78. The average molecular weight is 321 g/mol. The van der Waals surface area contributed by atoms with Crippen LogP contribution in [0.3, 0.4) is 0 Å². The van der Waals surface area contributed by atoms with E-state index in [-0.39, 0.29) is 18.9 Å². The molecule has 1 aliphatic rings. The first-order valence-electron chi connectivity index (χ1n) is 7.68. The Labute approximate surface area is 135 Å². The standard InChI is InChI=1S/C17H23NO5/c1-12-3-4-14(22-2)13(9-12)10-15(19)18-11-17(16(20)21)5-7-23-8-6-17/h3-4,9H,5-8,10-11H2,1-2H3,(H,18,19)(H,20,21). The van der Waals surface area contributed by atoms with Crippen molar-refractivity contribution in [3.63, 3.8) is 0 Å². The molecule has 1 aromatic rings. The van der Waals surface area contributed by atoms with E-state index in [4.69, 9.17) is 9.47 Å². The Hall–Kier alpha value is -2.08. The van der Waals surface area contributed by atoms with Gasteiger partial charge < -0.3 is 19.9 Å². The van der Waals surface area contributed by atoms with Gasteiger partial charge in [0.25, 0.3) is 0 Å². The van der Waals surface area contributed by atoms with Crippen LogP contribution in [-0.2, 0) is 20.7 Å². The van der Waals surface area contributed by atoms with Crippen molar-refractivity contribution in [1.82, 2.24) is 5.32 Å². The van der Waals surface area contributed by atoms with Crippen LogP contribution in [0.2, 0.25) is 0 Å². The molecule has 0 saturated carbocycles. The number of carbonyl (C=O) groups excluding carboxylic acids is 1. The minimum atomic E-state index is -0.926. The highest BCUT2D eigenvalue weighted by molar-refractivity contribution is 5.81. The number of aliphatic carboxylic acids is 1. The number of carboxylic acid groups (broad SMARTS) is 1. The fourth-order valence-electron chi connectivity index (χ4n) is 2.78. The van der Waals surface area contributed by atoms with Crippen LogP contribution in [0.15, 0.2) is 18.2 Å². The van der Waals surface area contributed by atoms with E-state index in [0.717, 1.165) is 11.1 Å². The summed E-state index contributed by atoms with van der Waals surface area (Å²) in [7, 11) is 1.56. The van der Waals surface area contributed by atoms with Crippen molar-refractivity contribution in [2.75, 3.05) is 26.9 Å². The zero-order valence-electron chi connectivity index (χ0n) is 13.6. The maximum Gasteiger partial charge on any atom is 0.311 e. The van der Waals surface area contributed by atoms with Crippen molar-refractivity contribution in [2.24, 2.45) is 5.41 Å². The Morgan fingerprint density at radius 2 is 2.04 bits per heavy atom. The topological polar surface area (TPSA) is 84.9 Å². The van der Waals surface area contributed by atoms with E-state index < -0.39 is 11.4 Å². The Kier molecular flexibility index (Phi) is 5.60. The number of nitrogens with one attached hydrogen (secondary N) is 1. The number of benzene rings is 1. The van der Waals surface area contributed by atoms with E-state index in [9.17, 15) is 14.7 Å². The molecule has 0 aliphatic carbocycles. The van der Waals surface area contributed by atoms with Gasteiger partial charge in [-0.25, -0.2) is 0 Å². The van der Waals surface area contributed by atoms with Gasteiger partial charge in [-0.05, 0) is 25.8 Å². The molecule has 0 spiro atoms. The lowest BCUT2D eigenvalue weighted by molar-refractivity contribution is -0.154. The van der Waals surface area contributed by atoms with Crippen LogP contribution < -0.4 is 10.1 Å². The second-order valence-corrected chi connectivity index (χ2v) is 5.97. The molecule has 2 N–H and O–H groups in total. The molecule has 0 atom stereocenters. The Bertz CT molecular complexity index is 578. The number of amides is 1. The molecular formula is C17H23NO5. The van der Waals surface area contributed by atoms with Crippen LogP contribution >= 0.6 is 0 Å². The molecule has 126 valence electrons. The Balaban J connectivity index is 1.99. The number of hydrogen-bond donors (Lipinski definition) is 2. The first-order chi connectivity index (χ1) is 11.0. The Morgan fingerprint density at radius 1 is 1.35 bits per heavy atom. The van der Waals surface area contributed by atoms with Gasteiger partial charge in [0.2, 0.25) is 5.91 Å². The minimum absolute atomic E-state index is 0.124. The summed E-state index contributed by atoms with van der Waals surface area (Å²) in [5.74, 6) is -0.431. The second-order valence-electron chi connectivity index (χ2n) is 5.97. The summed E-state index contributed by atoms with van der Waals surface area (Å²) in [6, 6.07) is 5.65. The van der Waals surface area contributed by atoms with E-state index in [2.05, 4.69) is 5.32 Å². The molecule has 1 aliphatic heterocycles. The molecule has 1 saturated heterocycles. The highest BCUT2D eigenvalue weighted by atomic mass is 16.5. The highest BCUT2D eigenvalue weighted by Gasteiger charge is 2.40. The fraction of sp³-hybridized carbons (Fsp3) is 0.529. The van der Waals surface area contributed by atoms with E-state index in [0.29, 0.717) is 31.8 Å². The van der Waals surface area contributed by atoms with E-state index in [1.54, 1.807) is 7.11 Å². The quantitative estimate of drug-likeness (QED) is 0.830. The summed E-state index contributed by atoms with van der Waals surface area (Å²) in [5.41, 5.74) is 0.909. The summed E-state index contributed by atoms with van der Waals surface area (Å²) >= 11 is 0. The van der Waals surface area contributed by atoms with Crippen LogP contribution in [0.4, 0.5) is 0 Å². The molecule has 1 amide bonds. The SMILES string of the molecule is COc1ccc(C)cc1CC(=O)NCC1(C(=O)O)CCOCC1. The monoisotopic (exact) mass is 321 g/mol. The summed E-state index contributed by atoms with van der Waals surface area (Å²) < 4.78 is 10.5. The molecule has 6 heteroatoms. The third kappa shape index (κ3) is 4.22. The molecule has 2 rings (SSSR count). The van der Waals surface area contributed by atoms with E-state index in [1.165, 1.54) is 0 Å². The normalized spacial score (nSPS) is 16.6. The summed E-state index contributed by atoms with van der Waals surface area (Å²) in [6.07, 6.45) is 0.990. The zero-order valence-corrected chi connectivity index (χ0v) is 13.6. The van der Waals surface area contributed by atoms with Gasteiger partial charge in [0, 0.05) is 25.3 Å². The van der Waals surface area contributed by atoms with Crippen LogP contribution in [-0.4, -0.2) is 43.9 Å². The number of carboxylic acids is 1. The van der Waals surface area contributed by atoms with Gasteiger partial charge in [0.15, 0.2) is 0 Å². The minimum Gasteiger partial charge on any atom is -0.496 e. The molecule has 6 nitrogen and oxygen atoms in total. The van der Waals surface area contributed by atoms with Gasteiger partial charge in [0.1, 0.15) is 5.75 Å². The summed E-state index contributed by atoms with van der Waals surface area (Å²) in [5, 5.41) is 12.2. The number of carbonyl (C=O) groups is 2. The van der Waals surface area contributed by atoms with Gasteiger partial charge in [-0.3, -0.25) is 9.59 Å². The molecule has 1 fully saturated rings. The van der Waals surface area contributed by atoms with Crippen molar-refractivity contribution in [3.05, 3.63) is 29.3 Å². The molecule has 0 bridgehead atoms. The number of rotatable bonds is 6. The zero-order chi connectivity index (χ0) is 16.9.